The van der Waals surface area contributed by atoms with Gasteiger partial charge in [0.05, 0.1) is 12.9 Å². The molecule has 0 saturated carbocycles. The summed E-state index contributed by atoms with van der Waals surface area (Å²) >= 11 is 0. The van der Waals surface area contributed by atoms with E-state index in [0.717, 1.165) is 10.5 Å². The Kier molecular flexibility index (Phi) is 4.19. The molecular weight excluding hydrogens is 289 g/mol. The largest absolute Gasteiger partial charge is 0.406 e. The fraction of sp³-hybridized carbons (Fsp3) is 0.583. The van der Waals surface area contributed by atoms with E-state index in [2.05, 4.69) is 5.10 Å². The molecule has 0 unspecified atom stereocenters. The van der Waals surface area contributed by atoms with Gasteiger partial charge in [0.15, 0.2) is 0 Å². The van der Waals surface area contributed by atoms with Gasteiger partial charge in [-0.1, -0.05) is 0 Å². The number of nitrogens with zero attached hydrogens (tertiary/aromatic N) is 4. The summed E-state index contributed by atoms with van der Waals surface area (Å²) in [5, 5.41) is 3.96. The molecule has 9 heteroatoms. The monoisotopic (exact) mass is 304 g/mol. The van der Waals surface area contributed by atoms with Crippen LogP contribution < -0.4 is 0 Å². The van der Waals surface area contributed by atoms with Gasteiger partial charge < -0.3 is 9.80 Å². The lowest BCUT2D eigenvalue weighted by atomic mass is 10.2. The predicted molar refractivity (Wildman–Crippen MR) is 65.9 cm³/mol. The smallest absolute Gasteiger partial charge is 0.316 e. The predicted octanol–water partition coefficient (Wildman–Crippen LogP) is 0.543. The normalized spacial score (nSPS) is 15.9. The molecule has 1 aromatic rings. The van der Waals surface area contributed by atoms with Gasteiger partial charge in [-0.2, -0.15) is 18.3 Å². The second-order valence-corrected chi connectivity index (χ2v) is 4.96. The van der Waals surface area contributed by atoms with Crippen LogP contribution in [0.25, 0.3) is 0 Å². The molecule has 0 aromatic carbocycles. The maximum absolute atomic E-state index is 12.3. The van der Waals surface area contributed by atoms with Crippen molar-refractivity contribution in [1.29, 1.82) is 0 Å². The number of alkyl halides is 3. The Balaban J connectivity index is 1.85. The third-order valence-corrected chi connectivity index (χ3v) is 3.13. The Morgan fingerprint density at radius 3 is 2.71 bits per heavy atom. The number of carbonyl (C=O) groups excluding carboxylic acids is 2. The number of hydrogen-bond donors (Lipinski definition) is 0. The minimum Gasteiger partial charge on any atom is -0.316 e. The molecule has 0 atom stereocenters. The van der Waals surface area contributed by atoms with E-state index in [9.17, 15) is 22.8 Å². The number of rotatable bonds is 4. The molecule has 6 nitrogen and oxygen atoms in total. The second kappa shape index (κ2) is 5.74. The van der Waals surface area contributed by atoms with Crippen molar-refractivity contribution in [3.8, 4) is 0 Å². The first-order valence-electron chi connectivity index (χ1n) is 6.34. The van der Waals surface area contributed by atoms with Gasteiger partial charge in [-0.3, -0.25) is 14.3 Å². The van der Waals surface area contributed by atoms with Crippen LogP contribution in [0, 0.1) is 0 Å². The van der Waals surface area contributed by atoms with Crippen LogP contribution in [0.5, 0.6) is 0 Å². The van der Waals surface area contributed by atoms with Crippen LogP contribution in [0.4, 0.5) is 13.2 Å². The van der Waals surface area contributed by atoms with Crippen molar-refractivity contribution in [2.75, 3.05) is 19.8 Å². The maximum Gasteiger partial charge on any atom is 0.406 e. The molecule has 2 rings (SSSR count). The quantitative estimate of drug-likeness (QED) is 0.816. The van der Waals surface area contributed by atoms with E-state index < -0.39 is 18.6 Å². The zero-order chi connectivity index (χ0) is 15.6. The summed E-state index contributed by atoms with van der Waals surface area (Å²) in [6.45, 7) is -1.91. The molecule has 0 spiro atoms. The molecule has 2 heterocycles. The van der Waals surface area contributed by atoms with E-state index in [1.54, 1.807) is 24.1 Å². The first-order valence-corrected chi connectivity index (χ1v) is 6.34. The fourth-order valence-corrected chi connectivity index (χ4v) is 2.13. The SMILES string of the molecule is Cn1cc(CCC(=O)N2CC(=O)N(CC(F)(F)F)C2)cn1. The van der Waals surface area contributed by atoms with E-state index in [4.69, 9.17) is 0 Å². The molecule has 2 amide bonds. The van der Waals surface area contributed by atoms with Crippen molar-refractivity contribution in [3.63, 3.8) is 0 Å². The highest BCUT2D eigenvalue weighted by molar-refractivity contribution is 5.87. The van der Waals surface area contributed by atoms with Gasteiger partial charge in [0.1, 0.15) is 13.1 Å². The minimum atomic E-state index is -4.45. The van der Waals surface area contributed by atoms with Crippen molar-refractivity contribution in [2.24, 2.45) is 7.05 Å². The molecule has 116 valence electrons. The van der Waals surface area contributed by atoms with E-state index in [1.807, 2.05) is 0 Å². The third-order valence-electron chi connectivity index (χ3n) is 3.13. The Hall–Kier alpha value is -2.06. The van der Waals surface area contributed by atoms with Crippen molar-refractivity contribution < 1.29 is 22.8 Å². The first-order chi connectivity index (χ1) is 9.74. The van der Waals surface area contributed by atoms with E-state index in [-0.39, 0.29) is 25.5 Å². The van der Waals surface area contributed by atoms with Crippen molar-refractivity contribution in [2.45, 2.75) is 19.0 Å². The molecule has 1 aliphatic rings. The van der Waals surface area contributed by atoms with Crippen molar-refractivity contribution in [1.82, 2.24) is 19.6 Å². The number of hydrogen-bond acceptors (Lipinski definition) is 3. The minimum absolute atomic E-state index is 0.138. The van der Waals surface area contributed by atoms with E-state index in [0.29, 0.717) is 11.3 Å². The van der Waals surface area contributed by atoms with Gasteiger partial charge in [0.25, 0.3) is 0 Å². The lowest BCUT2D eigenvalue weighted by molar-refractivity contribution is -0.157. The van der Waals surface area contributed by atoms with Crippen LogP contribution in [-0.4, -0.2) is 57.3 Å². The van der Waals surface area contributed by atoms with Gasteiger partial charge in [0, 0.05) is 19.7 Å². The molecule has 21 heavy (non-hydrogen) atoms. The zero-order valence-corrected chi connectivity index (χ0v) is 11.4. The maximum atomic E-state index is 12.3. The summed E-state index contributed by atoms with van der Waals surface area (Å²) in [4.78, 5) is 25.2. The van der Waals surface area contributed by atoms with Gasteiger partial charge in [-0.15, -0.1) is 0 Å². The van der Waals surface area contributed by atoms with Crippen LogP contribution in [0.3, 0.4) is 0 Å². The Labute approximate surface area is 119 Å². The van der Waals surface area contributed by atoms with Crippen LogP contribution in [0.2, 0.25) is 0 Å². The van der Waals surface area contributed by atoms with Gasteiger partial charge in [-0.25, -0.2) is 0 Å². The molecule has 0 radical (unpaired) electrons. The van der Waals surface area contributed by atoms with Crippen molar-refractivity contribution >= 4 is 11.8 Å². The lowest BCUT2D eigenvalue weighted by Gasteiger charge is -2.19. The topological polar surface area (TPSA) is 58.4 Å². The Morgan fingerprint density at radius 1 is 1.43 bits per heavy atom. The number of aromatic nitrogens is 2. The van der Waals surface area contributed by atoms with Gasteiger partial charge in [-0.05, 0) is 12.0 Å². The number of halogens is 3. The summed E-state index contributed by atoms with van der Waals surface area (Å²) in [6.07, 6.45) is -0.489. The molecule has 0 aliphatic carbocycles. The standard InChI is InChI=1S/C12H15F3N4O2/c1-17-5-9(4-16-17)2-3-10(20)18-6-11(21)19(8-18)7-12(13,14)15/h4-5H,2-3,6-8H2,1H3. The van der Waals surface area contributed by atoms with Crippen LogP contribution in [0.1, 0.15) is 12.0 Å². The molecule has 1 saturated heterocycles. The molecule has 1 aliphatic heterocycles. The summed E-state index contributed by atoms with van der Waals surface area (Å²) in [5.41, 5.74) is 0.864. The highest BCUT2D eigenvalue weighted by Crippen LogP contribution is 2.19. The Bertz CT molecular complexity index is 541. The highest BCUT2D eigenvalue weighted by atomic mass is 19.4. The summed E-state index contributed by atoms with van der Waals surface area (Å²) in [5.74, 6) is -1.01. The van der Waals surface area contributed by atoms with Gasteiger partial charge >= 0.3 is 6.18 Å². The van der Waals surface area contributed by atoms with Crippen LogP contribution >= 0.6 is 0 Å². The lowest BCUT2D eigenvalue weighted by Crippen LogP contribution is -2.37. The molecule has 1 aromatic heterocycles. The second-order valence-electron chi connectivity index (χ2n) is 4.96. The number of aryl methyl sites for hydroxylation is 2. The number of amides is 2. The molecule has 0 N–H and O–H groups in total. The third kappa shape index (κ3) is 4.20. The molecule has 0 bridgehead atoms. The summed E-state index contributed by atoms with van der Waals surface area (Å²) in [7, 11) is 1.75. The van der Waals surface area contributed by atoms with E-state index >= 15 is 0 Å². The number of carbonyl (C=O) groups is 2. The molecule has 1 fully saturated rings. The first kappa shape index (κ1) is 15.3. The van der Waals surface area contributed by atoms with E-state index in [1.165, 1.54) is 0 Å². The summed E-state index contributed by atoms with van der Waals surface area (Å²) < 4.78 is 38.4. The zero-order valence-electron chi connectivity index (χ0n) is 11.4. The average Bonchev–Trinajstić information content (AvgIpc) is 2.92. The fourth-order valence-electron chi connectivity index (χ4n) is 2.13. The average molecular weight is 304 g/mol. The van der Waals surface area contributed by atoms with Crippen LogP contribution in [0.15, 0.2) is 12.4 Å². The van der Waals surface area contributed by atoms with Crippen LogP contribution in [-0.2, 0) is 23.1 Å². The molecular formula is C12H15F3N4O2. The summed E-state index contributed by atoms with van der Waals surface area (Å²) in [6, 6.07) is 0. The van der Waals surface area contributed by atoms with Crippen molar-refractivity contribution in [3.05, 3.63) is 18.0 Å². The Morgan fingerprint density at radius 2 is 2.14 bits per heavy atom. The highest BCUT2D eigenvalue weighted by Gasteiger charge is 2.38. The van der Waals surface area contributed by atoms with Gasteiger partial charge in [0.2, 0.25) is 11.8 Å².